The van der Waals surface area contributed by atoms with Crippen molar-refractivity contribution in [1.29, 1.82) is 5.26 Å². The Morgan fingerprint density at radius 3 is 2.21 bits per heavy atom. The Labute approximate surface area is 207 Å². The number of hydrogen-bond acceptors (Lipinski definition) is 6. The van der Waals surface area contributed by atoms with Gasteiger partial charge in [-0.2, -0.15) is 5.26 Å². The number of hydrogen-bond donors (Lipinski definition) is 0. The highest BCUT2D eigenvalue weighted by Gasteiger charge is 2.36. The van der Waals surface area contributed by atoms with Crippen molar-refractivity contribution in [2.45, 2.75) is 38.5 Å². The van der Waals surface area contributed by atoms with Gasteiger partial charge in [0.25, 0.3) is 0 Å². The molecule has 0 N–H and O–H groups in total. The van der Waals surface area contributed by atoms with Crippen LogP contribution in [0.1, 0.15) is 46.0 Å². The minimum atomic E-state index is -2.82. The van der Waals surface area contributed by atoms with E-state index in [1.807, 2.05) is 39.1 Å². The van der Waals surface area contributed by atoms with Crippen molar-refractivity contribution in [3.8, 4) is 29.1 Å². The number of rotatable bonds is 13. The van der Waals surface area contributed by atoms with Gasteiger partial charge in [-0.3, -0.25) is 0 Å². The van der Waals surface area contributed by atoms with Crippen LogP contribution >= 0.6 is 0 Å². The number of benzene rings is 2. The average molecular weight is 461 g/mol. The molecule has 2 aromatic rings. The van der Waals surface area contributed by atoms with Gasteiger partial charge in [0.05, 0.1) is 48.0 Å². The van der Waals surface area contributed by atoms with E-state index < -0.39 is 19.5 Å². The summed E-state index contributed by atoms with van der Waals surface area (Å²) in [6.07, 6.45) is 2.02. The second-order valence-corrected chi connectivity index (χ2v) is 8.45. The fourth-order valence-electron chi connectivity index (χ4n) is 4.06. The van der Waals surface area contributed by atoms with Crippen LogP contribution in [0, 0.1) is 17.2 Å². The summed E-state index contributed by atoms with van der Waals surface area (Å²) in [5.74, 6) is 0.790. The Hall–Kier alpha value is -2.91. The van der Waals surface area contributed by atoms with Crippen LogP contribution in [-0.4, -0.2) is 53.3 Å². The maximum absolute atomic E-state index is 10.3. The standard InChI is InChI=1S/C27H38N2O4/c1-20(2)27(19-28,22-10-12-24(31-5)26(18-22)33-7)14-8-15-29(3)16-13-21-9-11-23(30-4)25(17-21)32-6/h9-12,17-18,20H,8,13-16H2,1-7H3/t27-/m0/s1/i5D3,7D3. The minimum absolute atomic E-state index is 0.116. The first-order valence-electron chi connectivity index (χ1n) is 14.0. The third-order valence-corrected chi connectivity index (χ3v) is 6.20. The molecule has 0 aliphatic carbocycles. The van der Waals surface area contributed by atoms with Crippen LogP contribution in [0.3, 0.4) is 0 Å². The number of methoxy groups -OCH3 is 4. The molecule has 0 amide bonds. The van der Waals surface area contributed by atoms with Gasteiger partial charge in [0.2, 0.25) is 0 Å². The van der Waals surface area contributed by atoms with Gasteiger partial charge in [0, 0.05) is 6.54 Å². The monoisotopic (exact) mass is 460 g/mol. The van der Waals surface area contributed by atoms with Crippen LogP contribution in [0.15, 0.2) is 36.4 Å². The van der Waals surface area contributed by atoms with Gasteiger partial charge < -0.3 is 23.8 Å². The highest BCUT2D eigenvalue weighted by atomic mass is 16.5. The largest absolute Gasteiger partial charge is 0.493 e. The average Bonchev–Trinajstić information content (AvgIpc) is 2.84. The molecule has 0 saturated carbocycles. The molecule has 0 aromatic heterocycles. The van der Waals surface area contributed by atoms with E-state index in [4.69, 9.17) is 27.2 Å². The quantitative estimate of drug-likeness (QED) is 0.415. The van der Waals surface area contributed by atoms with E-state index in [0.29, 0.717) is 29.9 Å². The molecule has 2 rings (SSSR count). The summed E-state index contributed by atoms with van der Waals surface area (Å²) in [5.41, 5.74) is 0.717. The predicted octanol–water partition coefficient (Wildman–Crippen LogP) is 5.09. The lowest BCUT2D eigenvalue weighted by Crippen LogP contribution is -2.32. The third kappa shape index (κ3) is 6.33. The van der Waals surface area contributed by atoms with Crippen molar-refractivity contribution >= 4 is 0 Å². The van der Waals surface area contributed by atoms with Crippen LogP contribution in [0.2, 0.25) is 0 Å². The maximum atomic E-state index is 10.3. The maximum Gasteiger partial charge on any atom is 0.161 e. The Morgan fingerprint density at radius 1 is 0.939 bits per heavy atom. The summed E-state index contributed by atoms with van der Waals surface area (Å²) in [6.45, 7) is 5.40. The smallest absolute Gasteiger partial charge is 0.161 e. The number of nitrogens with zero attached hydrogens (tertiary/aromatic N) is 2. The highest BCUT2D eigenvalue weighted by Crippen LogP contribution is 2.40. The van der Waals surface area contributed by atoms with Gasteiger partial charge in [0.15, 0.2) is 23.0 Å². The predicted molar refractivity (Wildman–Crippen MR) is 132 cm³/mol. The second-order valence-electron chi connectivity index (χ2n) is 8.45. The zero-order chi connectivity index (χ0) is 29.4. The SMILES string of the molecule is [2H]C([2H])([2H])Oc1ccc([C@](C#N)(CCCN(C)CCc2ccc(OC)c(OC)c2)C(C)C)cc1OC([2H])([2H])[2H]. The van der Waals surface area contributed by atoms with E-state index in [9.17, 15) is 5.26 Å². The van der Waals surface area contributed by atoms with Crippen molar-refractivity contribution in [3.05, 3.63) is 47.5 Å². The van der Waals surface area contributed by atoms with Crippen molar-refractivity contribution in [1.82, 2.24) is 4.90 Å². The molecule has 0 spiro atoms. The summed E-state index contributed by atoms with van der Waals surface area (Å²) < 4.78 is 65.3. The Morgan fingerprint density at radius 2 is 1.58 bits per heavy atom. The van der Waals surface area contributed by atoms with Crippen molar-refractivity contribution in [3.63, 3.8) is 0 Å². The zero-order valence-corrected chi connectivity index (χ0v) is 20.1. The summed E-state index contributed by atoms with van der Waals surface area (Å²) in [5, 5.41) is 10.3. The van der Waals surface area contributed by atoms with Crippen molar-refractivity contribution in [2.75, 3.05) is 48.4 Å². The summed E-state index contributed by atoms with van der Waals surface area (Å²) in [6, 6.07) is 12.7. The molecule has 6 heteroatoms. The molecule has 1 atom stereocenters. The Balaban J connectivity index is 2.17. The molecule has 0 radical (unpaired) electrons. The second kappa shape index (κ2) is 12.4. The molecule has 0 fully saturated rings. The van der Waals surface area contributed by atoms with Gasteiger partial charge in [-0.1, -0.05) is 26.0 Å². The molecule has 0 aliphatic rings. The fourth-order valence-corrected chi connectivity index (χ4v) is 4.06. The molecule has 2 aromatic carbocycles. The third-order valence-electron chi connectivity index (χ3n) is 6.20. The number of likely N-dealkylation sites (N-methyl/N-ethyl adjacent to an activating group) is 1. The lowest BCUT2D eigenvalue weighted by Gasteiger charge is -2.32. The topological polar surface area (TPSA) is 64.0 Å². The van der Waals surface area contributed by atoms with E-state index in [2.05, 4.69) is 11.0 Å². The molecule has 0 heterocycles. The first-order valence-corrected chi connectivity index (χ1v) is 11.0. The Bertz CT molecular complexity index is 1130. The molecule has 0 aliphatic heterocycles. The summed E-state index contributed by atoms with van der Waals surface area (Å²) >= 11 is 0. The molecule has 6 nitrogen and oxygen atoms in total. The van der Waals surface area contributed by atoms with Crippen LogP contribution in [0.4, 0.5) is 0 Å². The van der Waals surface area contributed by atoms with Crippen LogP contribution in [-0.2, 0) is 11.8 Å². The van der Waals surface area contributed by atoms with E-state index in [0.717, 1.165) is 25.1 Å². The molecule has 0 unspecified atom stereocenters. The molecule has 0 bridgehead atoms. The normalized spacial score (nSPS) is 16.3. The fraction of sp³-hybridized carbons (Fsp3) is 0.519. The van der Waals surface area contributed by atoms with E-state index in [-0.39, 0.29) is 17.4 Å². The van der Waals surface area contributed by atoms with E-state index in [1.165, 1.54) is 12.1 Å². The highest BCUT2D eigenvalue weighted by molar-refractivity contribution is 5.47. The molecule has 180 valence electrons. The molecular weight excluding hydrogens is 416 g/mol. The van der Waals surface area contributed by atoms with Gasteiger partial charge >= 0.3 is 0 Å². The summed E-state index contributed by atoms with van der Waals surface area (Å²) in [7, 11) is -0.385. The van der Waals surface area contributed by atoms with Gasteiger partial charge in [-0.25, -0.2) is 0 Å². The lowest BCUT2D eigenvalue weighted by molar-refractivity contribution is 0.292. The van der Waals surface area contributed by atoms with E-state index >= 15 is 0 Å². The van der Waals surface area contributed by atoms with Crippen molar-refractivity contribution < 1.29 is 27.2 Å². The Kier molecular flexibility index (Phi) is 6.93. The zero-order valence-electron chi connectivity index (χ0n) is 26.1. The van der Waals surface area contributed by atoms with Crippen molar-refractivity contribution in [2.24, 2.45) is 5.92 Å². The van der Waals surface area contributed by atoms with Crippen LogP contribution < -0.4 is 18.9 Å². The lowest BCUT2D eigenvalue weighted by atomic mass is 9.69. The first kappa shape index (κ1) is 18.5. The van der Waals surface area contributed by atoms with Gasteiger partial charge in [-0.05, 0) is 74.2 Å². The summed E-state index contributed by atoms with van der Waals surface area (Å²) in [4.78, 5) is 2.19. The number of nitriles is 1. The van der Waals surface area contributed by atoms with Crippen LogP contribution in [0.5, 0.6) is 23.0 Å². The van der Waals surface area contributed by atoms with Gasteiger partial charge in [0.1, 0.15) is 0 Å². The van der Waals surface area contributed by atoms with Crippen LogP contribution in [0.25, 0.3) is 0 Å². The molecular formula is C27H38N2O4. The first-order chi connectivity index (χ1) is 18.1. The molecule has 0 saturated heterocycles. The van der Waals surface area contributed by atoms with Gasteiger partial charge in [-0.15, -0.1) is 0 Å². The minimum Gasteiger partial charge on any atom is -0.493 e. The van der Waals surface area contributed by atoms with E-state index in [1.54, 1.807) is 20.3 Å². The number of ether oxygens (including phenoxy) is 4. The molecule has 33 heavy (non-hydrogen) atoms.